The number of nitrogen functional groups attached to an aromatic ring is 1. The molecule has 0 aliphatic heterocycles. The van der Waals surface area contributed by atoms with Crippen molar-refractivity contribution in [1.82, 2.24) is 0 Å². The van der Waals surface area contributed by atoms with Crippen molar-refractivity contribution in [3.63, 3.8) is 0 Å². The maximum Gasteiger partial charge on any atom is 0.306 e. The summed E-state index contributed by atoms with van der Waals surface area (Å²) in [5, 5.41) is 9.24. The fraction of sp³-hybridized carbons (Fsp3) is 0.467. The Kier molecular flexibility index (Phi) is 4.70. The van der Waals surface area contributed by atoms with Crippen LogP contribution in [0.2, 0.25) is 0 Å². The summed E-state index contributed by atoms with van der Waals surface area (Å²) in [4.78, 5) is 22.7. The first-order valence-corrected chi connectivity index (χ1v) is 6.32. The van der Waals surface area contributed by atoms with E-state index in [0.29, 0.717) is 12.1 Å². The van der Waals surface area contributed by atoms with Crippen LogP contribution in [0.25, 0.3) is 0 Å². The molecular weight excluding hydrogens is 242 g/mol. The number of benzene rings is 1. The van der Waals surface area contributed by atoms with Crippen molar-refractivity contribution in [2.24, 2.45) is 11.3 Å². The van der Waals surface area contributed by atoms with Crippen LogP contribution in [0.1, 0.15) is 32.8 Å². The van der Waals surface area contributed by atoms with Gasteiger partial charge in [0.25, 0.3) is 0 Å². The molecule has 2 unspecified atom stereocenters. The number of nitrogens with two attached hydrogens (primary N) is 1. The highest BCUT2D eigenvalue weighted by Crippen LogP contribution is 2.37. The molecule has 4 heteroatoms. The van der Waals surface area contributed by atoms with Crippen molar-refractivity contribution in [3.05, 3.63) is 29.8 Å². The fourth-order valence-corrected chi connectivity index (χ4v) is 2.37. The first kappa shape index (κ1) is 15.2. The van der Waals surface area contributed by atoms with Crippen molar-refractivity contribution in [1.29, 1.82) is 0 Å². The maximum absolute atomic E-state index is 11.4. The molecule has 0 amide bonds. The van der Waals surface area contributed by atoms with Crippen LogP contribution < -0.4 is 5.73 Å². The largest absolute Gasteiger partial charge is 0.481 e. The zero-order valence-electron chi connectivity index (χ0n) is 11.6. The number of anilines is 1. The van der Waals surface area contributed by atoms with E-state index in [9.17, 15) is 14.7 Å². The van der Waals surface area contributed by atoms with E-state index in [4.69, 9.17) is 5.73 Å². The number of aliphatic carboxylic acids is 1. The minimum absolute atomic E-state index is 0.00916. The highest BCUT2D eigenvalue weighted by molar-refractivity contribution is 5.78. The van der Waals surface area contributed by atoms with Crippen LogP contribution >= 0.6 is 0 Å². The average molecular weight is 263 g/mol. The molecule has 0 radical (unpaired) electrons. The number of hydrogen-bond donors (Lipinski definition) is 2. The van der Waals surface area contributed by atoms with Gasteiger partial charge >= 0.3 is 5.97 Å². The number of hydrogen-bond acceptors (Lipinski definition) is 3. The Bertz CT molecular complexity index is 484. The first-order valence-electron chi connectivity index (χ1n) is 6.32. The zero-order chi connectivity index (χ0) is 14.6. The van der Waals surface area contributed by atoms with Gasteiger partial charge in [-0.1, -0.05) is 32.0 Å². The van der Waals surface area contributed by atoms with Gasteiger partial charge in [-0.3, -0.25) is 4.79 Å². The Morgan fingerprint density at radius 3 is 2.42 bits per heavy atom. The quantitative estimate of drug-likeness (QED) is 0.773. The van der Waals surface area contributed by atoms with E-state index < -0.39 is 17.3 Å². The highest BCUT2D eigenvalue weighted by atomic mass is 16.4. The molecule has 0 aromatic heterocycles. The third-order valence-corrected chi connectivity index (χ3v) is 3.72. The molecule has 0 aliphatic rings. The molecule has 0 bridgehead atoms. The van der Waals surface area contributed by atoms with Crippen molar-refractivity contribution >= 4 is 17.4 Å². The second-order valence-electron chi connectivity index (χ2n) is 5.47. The second kappa shape index (κ2) is 5.87. The van der Waals surface area contributed by atoms with Gasteiger partial charge in [0.05, 0.1) is 5.92 Å². The van der Waals surface area contributed by atoms with Gasteiger partial charge in [0.15, 0.2) is 0 Å². The van der Waals surface area contributed by atoms with Gasteiger partial charge in [-0.25, -0.2) is 0 Å². The fourth-order valence-electron chi connectivity index (χ4n) is 2.37. The molecule has 1 rings (SSSR count). The zero-order valence-corrected chi connectivity index (χ0v) is 11.6. The van der Waals surface area contributed by atoms with E-state index in [1.165, 1.54) is 6.92 Å². The third kappa shape index (κ3) is 3.81. The van der Waals surface area contributed by atoms with E-state index >= 15 is 0 Å². The number of ketones is 1. The molecule has 0 aliphatic carbocycles. The number of para-hydroxylation sites is 1. The lowest BCUT2D eigenvalue weighted by Crippen LogP contribution is -2.35. The standard InChI is InChI=1S/C15H21NO3/c1-10(17)8-15(3,11(2)14(18)19)9-12-6-4-5-7-13(12)16/h4-7,11H,8-9,16H2,1-3H3,(H,18,19). The van der Waals surface area contributed by atoms with Crippen molar-refractivity contribution < 1.29 is 14.7 Å². The molecule has 0 heterocycles. The Morgan fingerprint density at radius 1 is 1.37 bits per heavy atom. The summed E-state index contributed by atoms with van der Waals surface area (Å²) in [5.41, 5.74) is 6.79. The van der Waals surface area contributed by atoms with Gasteiger partial charge < -0.3 is 15.6 Å². The van der Waals surface area contributed by atoms with E-state index in [2.05, 4.69) is 0 Å². The summed E-state index contributed by atoms with van der Waals surface area (Å²) in [6, 6.07) is 7.37. The number of carbonyl (C=O) groups excluding carboxylic acids is 1. The van der Waals surface area contributed by atoms with Gasteiger partial charge in [-0.15, -0.1) is 0 Å². The molecule has 0 saturated carbocycles. The van der Waals surface area contributed by atoms with Crippen molar-refractivity contribution in [2.45, 2.75) is 33.6 Å². The van der Waals surface area contributed by atoms with Gasteiger partial charge in [0, 0.05) is 12.1 Å². The summed E-state index contributed by atoms with van der Waals surface area (Å²) in [7, 11) is 0. The van der Waals surface area contributed by atoms with E-state index in [0.717, 1.165) is 5.56 Å². The van der Waals surface area contributed by atoms with Crippen LogP contribution in [-0.2, 0) is 16.0 Å². The lowest BCUT2D eigenvalue weighted by atomic mass is 9.70. The number of rotatable bonds is 6. The predicted octanol–water partition coefficient (Wildman–Crippen LogP) is 2.52. The number of Topliss-reactive ketones (excluding diaryl/α,β-unsaturated/α-hetero) is 1. The topological polar surface area (TPSA) is 80.4 Å². The third-order valence-electron chi connectivity index (χ3n) is 3.72. The molecule has 0 saturated heterocycles. The summed E-state index contributed by atoms with van der Waals surface area (Å²) < 4.78 is 0. The molecule has 0 spiro atoms. The Hall–Kier alpha value is -1.84. The minimum atomic E-state index is -0.891. The summed E-state index contributed by atoms with van der Waals surface area (Å²) in [5.74, 6) is -1.51. The number of carbonyl (C=O) groups is 2. The average Bonchev–Trinajstić information content (AvgIpc) is 2.30. The van der Waals surface area contributed by atoms with Crippen LogP contribution in [0.4, 0.5) is 5.69 Å². The van der Waals surface area contributed by atoms with E-state index in [1.54, 1.807) is 13.0 Å². The van der Waals surface area contributed by atoms with Gasteiger partial charge in [0.1, 0.15) is 5.78 Å². The maximum atomic E-state index is 11.4. The predicted molar refractivity (Wildman–Crippen MR) is 74.8 cm³/mol. The van der Waals surface area contributed by atoms with E-state index in [1.807, 2.05) is 25.1 Å². The molecule has 1 aromatic rings. The van der Waals surface area contributed by atoms with Crippen molar-refractivity contribution in [3.8, 4) is 0 Å². The Labute approximate surface area is 113 Å². The normalized spacial score (nSPS) is 15.5. The summed E-state index contributed by atoms with van der Waals surface area (Å²) in [6.07, 6.45) is 0.710. The van der Waals surface area contributed by atoms with Crippen LogP contribution in [0.5, 0.6) is 0 Å². The van der Waals surface area contributed by atoms with Crippen LogP contribution in [0, 0.1) is 11.3 Å². The molecule has 3 N–H and O–H groups in total. The van der Waals surface area contributed by atoms with Gasteiger partial charge in [-0.05, 0) is 30.4 Å². The molecule has 4 nitrogen and oxygen atoms in total. The smallest absolute Gasteiger partial charge is 0.306 e. The summed E-state index contributed by atoms with van der Waals surface area (Å²) in [6.45, 7) is 4.96. The van der Waals surface area contributed by atoms with Crippen molar-refractivity contribution in [2.75, 3.05) is 5.73 Å². The molecule has 2 atom stereocenters. The van der Waals surface area contributed by atoms with Crippen LogP contribution in [0.3, 0.4) is 0 Å². The lowest BCUT2D eigenvalue weighted by molar-refractivity contribution is -0.146. The number of carboxylic acids is 1. The summed E-state index contributed by atoms with van der Waals surface area (Å²) >= 11 is 0. The Balaban J connectivity index is 3.08. The SMILES string of the molecule is CC(=O)CC(C)(Cc1ccccc1N)C(C)C(=O)O. The monoisotopic (exact) mass is 263 g/mol. The number of carboxylic acid groups (broad SMARTS) is 1. The first-order chi connectivity index (χ1) is 8.76. The second-order valence-corrected chi connectivity index (χ2v) is 5.47. The van der Waals surface area contributed by atoms with Crippen LogP contribution in [-0.4, -0.2) is 16.9 Å². The van der Waals surface area contributed by atoms with E-state index in [-0.39, 0.29) is 12.2 Å². The minimum Gasteiger partial charge on any atom is -0.481 e. The molecular formula is C15H21NO3. The molecule has 19 heavy (non-hydrogen) atoms. The van der Waals surface area contributed by atoms with Gasteiger partial charge in [-0.2, -0.15) is 0 Å². The van der Waals surface area contributed by atoms with Crippen LogP contribution in [0.15, 0.2) is 24.3 Å². The Morgan fingerprint density at radius 2 is 1.95 bits per heavy atom. The lowest BCUT2D eigenvalue weighted by Gasteiger charge is -2.33. The highest BCUT2D eigenvalue weighted by Gasteiger charge is 2.37. The molecule has 1 aromatic carbocycles. The van der Waals surface area contributed by atoms with Gasteiger partial charge in [0.2, 0.25) is 0 Å². The molecule has 0 fully saturated rings. The molecule has 104 valence electrons.